The molecule has 1 aromatic heterocycles. The number of hydrogen-bond acceptors (Lipinski definition) is 7. The molecule has 1 atom stereocenters. The van der Waals surface area contributed by atoms with Gasteiger partial charge in [0.25, 0.3) is 5.22 Å². The number of amides is 1. The molecule has 1 saturated heterocycles. The maximum absolute atomic E-state index is 13.0. The summed E-state index contributed by atoms with van der Waals surface area (Å²) < 4.78 is 17.1. The lowest BCUT2D eigenvalue weighted by atomic mass is 10.0. The van der Waals surface area contributed by atoms with Crippen LogP contribution in [0.5, 0.6) is 11.5 Å². The lowest BCUT2D eigenvalue weighted by molar-refractivity contribution is -0.129. The number of aromatic nitrogens is 2. The molecule has 31 heavy (non-hydrogen) atoms. The molecular weight excluding hydrogens is 414 g/mol. The zero-order valence-corrected chi connectivity index (χ0v) is 18.1. The highest BCUT2D eigenvalue weighted by Crippen LogP contribution is 2.38. The fourth-order valence-corrected chi connectivity index (χ4v) is 4.62. The van der Waals surface area contributed by atoms with Crippen LogP contribution in [0, 0.1) is 6.92 Å². The summed E-state index contributed by atoms with van der Waals surface area (Å²) in [6, 6.07) is 13.9. The summed E-state index contributed by atoms with van der Waals surface area (Å²) in [6.07, 6.45) is 1.92. The molecule has 5 rings (SSSR count). The molecule has 3 aromatic rings. The van der Waals surface area contributed by atoms with Crippen molar-refractivity contribution in [1.82, 2.24) is 15.1 Å². The monoisotopic (exact) mass is 437 g/mol. The van der Waals surface area contributed by atoms with Crippen LogP contribution in [0.1, 0.15) is 30.0 Å². The quantitative estimate of drug-likeness (QED) is 0.552. The van der Waals surface area contributed by atoms with Crippen molar-refractivity contribution < 1.29 is 18.7 Å². The smallest absolute Gasteiger partial charge is 0.277 e. The second-order valence-corrected chi connectivity index (χ2v) is 8.60. The number of fused-ring (bicyclic) bond motifs is 1. The van der Waals surface area contributed by atoms with E-state index < -0.39 is 0 Å². The van der Waals surface area contributed by atoms with Gasteiger partial charge in [-0.1, -0.05) is 35.5 Å². The van der Waals surface area contributed by atoms with Gasteiger partial charge in [0.2, 0.25) is 11.8 Å². The van der Waals surface area contributed by atoms with Gasteiger partial charge in [-0.15, -0.1) is 10.2 Å². The van der Waals surface area contributed by atoms with Crippen LogP contribution >= 0.6 is 11.8 Å². The van der Waals surface area contributed by atoms with Crippen molar-refractivity contribution in [2.75, 3.05) is 25.5 Å². The van der Waals surface area contributed by atoms with E-state index in [1.54, 1.807) is 0 Å². The summed E-state index contributed by atoms with van der Waals surface area (Å²) in [4.78, 5) is 14.9. The van der Waals surface area contributed by atoms with Crippen LogP contribution in [0.3, 0.4) is 0 Å². The Bertz CT molecular complexity index is 1080. The van der Waals surface area contributed by atoms with Crippen LogP contribution in [0.15, 0.2) is 52.1 Å². The first-order valence-electron chi connectivity index (χ1n) is 10.4. The van der Waals surface area contributed by atoms with E-state index in [4.69, 9.17) is 13.9 Å². The zero-order valence-electron chi connectivity index (χ0n) is 17.2. The molecule has 0 saturated carbocycles. The number of nitrogens with zero attached hydrogens (tertiary/aromatic N) is 3. The second-order valence-electron chi connectivity index (χ2n) is 7.68. The normalized spacial score (nSPS) is 17.7. The average molecular weight is 438 g/mol. The number of carbonyl (C=O) groups is 1. The van der Waals surface area contributed by atoms with Crippen LogP contribution in [-0.2, 0) is 4.79 Å². The molecule has 160 valence electrons. The van der Waals surface area contributed by atoms with Crippen molar-refractivity contribution >= 4 is 17.7 Å². The fourth-order valence-electron chi connectivity index (χ4n) is 3.97. The van der Waals surface area contributed by atoms with E-state index in [1.807, 2.05) is 54.3 Å². The molecule has 8 heteroatoms. The molecule has 2 aliphatic heterocycles. The van der Waals surface area contributed by atoms with E-state index in [0.29, 0.717) is 24.3 Å². The minimum atomic E-state index is 0.0507. The Morgan fingerprint density at radius 3 is 2.74 bits per heavy atom. The molecule has 0 spiro atoms. The van der Waals surface area contributed by atoms with Crippen LogP contribution in [0.4, 0.5) is 0 Å². The van der Waals surface area contributed by atoms with Gasteiger partial charge in [0.1, 0.15) is 13.2 Å². The van der Waals surface area contributed by atoms with Crippen molar-refractivity contribution in [2.24, 2.45) is 0 Å². The largest absolute Gasteiger partial charge is 0.486 e. The molecule has 7 nitrogen and oxygen atoms in total. The molecule has 3 heterocycles. The molecule has 0 radical (unpaired) electrons. The Morgan fingerprint density at radius 1 is 1.10 bits per heavy atom. The van der Waals surface area contributed by atoms with Crippen molar-refractivity contribution in [1.29, 1.82) is 0 Å². The molecule has 1 fully saturated rings. The minimum Gasteiger partial charge on any atom is -0.486 e. The van der Waals surface area contributed by atoms with Crippen LogP contribution in [0.25, 0.3) is 11.5 Å². The van der Waals surface area contributed by atoms with Gasteiger partial charge in [-0.25, -0.2) is 0 Å². The molecular formula is C23H23N3O4S. The Hall–Kier alpha value is -3.00. The lowest BCUT2D eigenvalue weighted by Gasteiger charge is -2.26. The number of rotatable bonds is 5. The second kappa shape index (κ2) is 8.63. The first kappa shape index (κ1) is 19.9. The van der Waals surface area contributed by atoms with Gasteiger partial charge >= 0.3 is 0 Å². The van der Waals surface area contributed by atoms with Gasteiger partial charge in [0, 0.05) is 12.1 Å². The third kappa shape index (κ3) is 4.25. The number of likely N-dealkylation sites (tertiary alicyclic amines) is 1. The highest BCUT2D eigenvalue weighted by Gasteiger charge is 2.31. The van der Waals surface area contributed by atoms with Crippen molar-refractivity contribution in [2.45, 2.75) is 31.0 Å². The van der Waals surface area contributed by atoms with Gasteiger partial charge in [-0.2, -0.15) is 0 Å². The standard InChI is InChI=1S/C23H23N3O4S/c1-15-4-6-16(7-5-15)22-24-25-23(30-22)31-14-21(27)26-10-2-3-18(26)17-8-9-19-20(13-17)29-12-11-28-19/h4-9,13,18H,2-3,10-12,14H2,1H3/t18-/m0/s1. The third-order valence-electron chi connectivity index (χ3n) is 5.55. The van der Waals surface area contributed by atoms with Crippen molar-refractivity contribution in [3.63, 3.8) is 0 Å². The number of aryl methyl sites for hydroxylation is 1. The van der Waals surface area contributed by atoms with Gasteiger partial charge in [0.05, 0.1) is 11.8 Å². The Labute approximate surface area is 184 Å². The Kier molecular flexibility index (Phi) is 5.55. The lowest BCUT2D eigenvalue weighted by Crippen LogP contribution is -2.32. The molecule has 0 N–H and O–H groups in total. The number of benzene rings is 2. The highest BCUT2D eigenvalue weighted by molar-refractivity contribution is 7.99. The predicted molar refractivity (Wildman–Crippen MR) is 116 cm³/mol. The molecule has 0 bridgehead atoms. The number of hydrogen-bond donors (Lipinski definition) is 0. The maximum Gasteiger partial charge on any atom is 0.277 e. The Morgan fingerprint density at radius 2 is 1.90 bits per heavy atom. The van der Waals surface area contributed by atoms with Gasteiger partial charge < -0.3 is 18.8 Å². The predicted octanol–water partition coefficient (Wildman–Crippen LogP) is 4.27. The summed E-state index contributed by atoms with van der Waals surface area (Å²) in [5.41, 5.74) is 3.12. The highest BCUT2D eigenvalue weighted by atomic mass is 32.2. The van der Waals surface area contributed by atoms with E-state index in [9.17, 15) is 4.79 Å². The molecule has 0 unspecified atom stereocenters. The summed E-state index contributed by atoms with van der Waals surface area (Å²) in [6.45, 7) is 3.89. The Balaban J connectivity index is 1.23. The average Bonchev–Trinajstić information content (AvgIpc) is 3.48. The first-order valence-corrected chi connectivity index (χ1v) is 11.4. The van der Waals surface area contributed by atoms with Crippen molar-refractivity contribution in [3.8, 4) is 23.0 Å². The van der Waals surface area contributed by atoms with Gasteiger partial charge in [0.15, 0.2) is 11.5 Å². The van der Waals surface area contributed by atoms with E-state index in [0.717, 1.165) is 42.0 Å². The third-order valence-corrected chi connectivity index (χ3v) is 6.35. The summed E-state index contributed by atoms with van der Waals surface area (Å²) in [5.74, 6) is 2.31. The first-order chi connectivity index (χ1) is 15.2. The molecule has 2 aliphatic rings. The zero-order chi connectivity index (χ0) is 21.2. The van der Waals surface area contributed by atoms with Gasteiger partial charge in [-0.05, 0) is 49.6 Å². The van der Waals surface area contributed by atoms with Crippen LogP contribution in [-0.4, -0.2) is 46.5 Å². The number of ether oxygens (including phenoxy) is 2. The minimum absolute atomic E-state index is 0.0507. The number of thioether (sulfide) groups is 1. The fraction of sp³-hybridized carbons (Fsp3) is 0.348. The van der Waals surface area contributed by atoms with Crippen molar-refractivity contribution in [3.05, 3.63) is 53.6 Å². The molecule has 2 aromatic carbocycles. The summed E-state index contributed by atoms with van der Waals surface area (Å²) in [7, 11) is 0. The summed E-state index contributed by atoms with van der Waals surface area (Å²) >= 11 is 1.28. The van der Waals surface area contributed by atoms with Gasteiger partial charge in [-0.3, -0.25) is 4.79 Å². The SMILES string of the molecule is Cc1ccc(-c2nnc(SCC(=O)N3CCC[C@H]3c3ccc4c(c3)OCCO4)o2)cc1. The van der Waals surface area contributed by atoms with Crippen LogP contribution in [0.2, 0.25) is 0 Å². The number of carbonyl (C=O) groups excluding carboxylic acids is 1. The molecule has 1 amide bonds. The van der Waals surface area contributed by atoms with E-state index in [1.165, 1.54) is 17.3 Å². The van der Waals surface area contributed by atoms with E-state index in [2.05, 4.69) is 10.2 Å². The maximum atomic E-state index is 13.0. The molecule has 0 aliphatic carbocycles. The van der Waals surface area contributed by atoms with E-state index >= 15 is 0 Å². The topological polar surface area (TPSA) is 77.7 Å². The van der Waals surface area contributed by atoms with E-state index in [-0.39, 0.29) is 17.7 Å². The van der Waals surface area contributed by atoms with Crippen LogP contribution < -0.4 is 9.47 Å². The summed E-state index contributed by atoms with van der Waals surface area (Å²) in [5, 5.41) is 8.59.